The molecule has 28 heavy (non-hydrogen) atoms. The van der Waals surface area contributed by atoms with Crippen molar-refractivity contribution in [1.29, 1.82) is 0 Å². The van der Waals surface area contributed by atoms with Gasteiger partial charge in [0.05, 0.1) is 0 Å². The molecule has 0 spiro atoms. The lowest BCUT2D eigenvalue weighted by molar-refractivity contribution is -0.122. The van der Waals surface area contributed by atoms with Gasteiger partial charge < -0.3 is 10.1 Å². The Balaban J connectivity index is 1.64. The molecule has 1 amide bonds. The molecule has 0 aliphatic heterocycles. The van der Waals surface area contributed by atoms with E-state index in [-0.39, 0.29) is 11.7 Å². The smallest absolute Gasteiger partial charge is 0.265 e. The average Bonchev–Trinajstić information content (AvgIpc) is 2.73. The minimum absolute atomic E-state index is 0.00778. The molecule has 0 saturated heterocycles. The van der Waals surface area contributed by atoms with E-state index >= 15 is 0 Å². The molecule has 0 bridgehead atoms. The van der Waals surface area contributed by atoms with Gasteiger partial charge in [0.15, 0.2) is 11.9 Å². The number of carbonyl (C=O) groups is 2. The van der Waals surface area contributed by atoms with Gasteiger partial charge >= 0.3 is 0 Å². The van der Waals surface area contributed by atoms with Gasteiger partial charge in [-0.05, 0) is 60.9 Å². The molecule has 1 atom stereocenters. The highest BCUT2D eigenvalue weighted by Crippen LogP contribution is 2.23. The van der Waals surface area contributed by atoms with Crippen molar-refractivity contribution in [2.75, 3.05) is 5.32 Å². The van der Waals surface area contributed by atoms with Crippen LogP contribution in [0.2, 0.25) is 0 Å². The zero-order chi connectivity index (χ0) is 19.9. The van der Waals surface area contributed by atoms with Gasteiger partial charge in [-0.15, -0.1) is 0 Å². The van der Waals surface area contributed by atoms with Crippen molar-refractivity contribution >= 4 is 17.4 Å². The minimum atomic E-state index is -0.602. The van der Waals surface area contributed by atoms with Gasteiger partial charge in [0, 0.05) is 11.3 Å². The highest BCUT2D eigenvalue weighted by molar-refractivity contribution is 5.96. The van der Waals surface area contributed by atoms with Crippen LogP contribution in [0.15, 0.2) is 78.9 Å². The third-order valence-corrected chi connectivity index (χ3v) is 4.46. The Bertz CT molecular complexity index is 932. The first-order valence-corrected chi connectivity index (χ1v) is 9.31. The van der Waals surface area contributed by atoms with Gasteiger partial charge in [-0.1, -0.05) is 49.4 Å². The molecule has 0 fully saturated rings. The van der Waals surface area contributed by atoms with E-state index in [0.29, 0.717) is 23.4 Å². The van der Waals surface area contributed by atoms with E-state index in [2.05, 4.69) is 17.4 Å². The summed E-state index contributed by atoms with van der Waals surface area (Å²) in [6.07, 6.45) is -0.0623. The summed E-state index contributed by atoms with van der Waals surface area (Å²) < 4.78 is 5.88. The van der Waals surface area contributed by atoms with Crippen LogP contribution in [0, 0.1) is 0 Å². The maximum atomic E-state index is 12.6. The van der Waals surface area contributed by atoms with Crippen LogP contribution in [0.3, 0.4) is 0 Å². The summed E-state index contributed by atoms with van der Waals surface area (Å²) in [5.41, 5.74) is 3.47. The third-order valence-electron chi connectivity index (χ3n) is 4.46. The van der Waals surface area contributed by atoms with Crippen molar-refractivity contribution < 1.29 is 14.3 Å². The van der Waals surface area contributed by atoms with Gasteiger partial charge in [-0.2, -0.15) is 0 Å². The lowest BCUT2D eigenvalue weighted by Crippen LogP contribution is -2.32. The fraction of sp³-hybridized carbons (Fsp3) is 0.167. The van der Waals surface area contributed by atoms with Crippen LogP contribution < -0.4 is 10.1 Å². The second-order valence-electron chi connectivity index (χ2n) is 6.53. The van der Waals surface area contributed by atoms with Crippen LogP contribution in [0.25, 0.3) is 11.1 Å². The number of hydrogen-bond acceptors (Lipinski definition) is 3. The highest BCUT2D eigenvalue weighted by Gasteiger charge is 2.18. The highest BCUT2D eigenvalue weighted by atomic mass is 16.5. The first kappa shape index (κ1) is 19.4. The molecule has 3 aromatic rings. The van der Waals surface area contributed by atoms with Crippen molar-refractivity contribution in [3.05, 3.63) is 84.4 Å². The van der Waals surface area contributed by atoms with Crippen molar-refractivity contribution in [2.45, 2.75) is 26.4 Å². The summed E-state index contributed by atoms with van der Waals surface area (Å²) in [6, 6.07) is 24.6. The van der Waals surface area contributed by atoms with Crippen LogP contribution in [0.1, 0.15) is 30.6 Å². The topological polar surface area (TPSA) is 55.4 Å². The largest absolute Gasteiger partial charge is 0.481 e. The number of Topliss-reactive ketones (excluding diaryl/α,β-unsaturated/α-hetero) is 1. The van der Waals surface area contributed by atoms with Crippen LogP contribution in [0.4, 0.5) is 5.69 Å². The lowest BCUT2D eigenvalue weighted by atomic mass is 10.1. The van der Waals surface area contributed by atoms with Crippen molar-refractivity contribution in [3.63, 3.8) is 0 Å². The van der Waals surface area contributed by atoms with E-state index in [1.165, 1.54) is 6.92 Å². The number of amides is 1. The standard InChI is InChI=1S/C24H23NO3/c1-3-23(24(27)25-21-13-9-18(10-14-21)17(2)26)28-22-15-11-20(12-16-22)19-7-5-4-6-8-19/h4-16,23H,3H2,1-2H3,(H,25,27). The predicted octanol–water partition coefficient (Wildman–Crippen LogP) is 5.35. The molecule has 0 heterocycles. The zero-order valence-electron chi connectivity index (χ0n) is 16.0. The van der Waals surface area contributed by atoms with Crippen molar-refractivity contribution in [3.8, 4) is 16.9 Å². The quantitative estimate of drug-likeness (QED) is 0.568. The Morgan fingerprint density at radius 2 is 1.46 bits per heavy atom. The minimum Gasteiger partial charge on any atom is -0.481 e. The second kappa shape index (κ2) is 9.00. The molecule has 142 valence electrons. The maximum Gasteiger partial charge on any atom is 0.265 e. The van der Waals surface area contributed by atoms with E-state index < -0.39 is 6.10 Å². The monoisotopic (exact) mass is 373 g/mol. The number of ether oxygens (including phenoxy) is 1. The first-order valence-electron chi connectivity index (χ1n) is 9.31. The Hall–Kier alpha value is -3.40. The van der Waals surface area contributed by atoms with Crippen LogP contribution >= 0.6 is 0 Å². The Morgan fingerprint density at radius 1 is 0.857 bits per heavy atom. The summed E-state index contributed by atoms with van der Waals surface area (Å²) in [7, 11) is 0. The summed E-state index contributed by atoms with van der Waals surface area (Å²) in [5, 5.41) is 2.84. The number of nitrogens with one attached hydrogen (secondary N) is 1. The van der Waals surface area contributed by atoms with E-state index in [1.54, 1.807) is 24.3 Å². The van der Waals surface area contributed by atoms with E-state index in [0.717, 1.165) is 11.1 Å². The number of ketones is 1. The number of rotatable bonds is 7. The molecular formula is C24H23NO3. The van der Waals surface area contributed by atoms with Gasteiger partial charge in [0.1, 0.15) is 5.75 Å². The molecule has 0 saturated carbocycles. The molecule has 0 aliphatic rings. The summed E-state index contributed by atoms with van der Waals surface area (Å²) in [4.78, 5) is 23.9. The molecular weight excluding hydrogens is 350 g/mol. The van der Waals surface area contributed by atoms with Crippen LogP contribution in [-0.4, -0.2) is 17.8 Å². The van der Waals surface area contributed by atoms with Crippen molar-refractivity contribution in [1.82, 2.24) is 0 Å². The van der Waals surface area contributed by atoms with E-state index in [9.17, 15) is 9.59 Å². The van der Waals surface area contributed by atoms with Gasteiger partial charge in [0.2, 0.25) is 0 Å². The molecule has 0 radical (unpaired) electrons. The molecule has 1 unspecified atom stereocenters. The fourth-order valence-corrected chi connectivity index (χ4v) is 2.85. The normalized spacial score (nSPS) is 11.5. The molecule has 3 rings (SSSR count). The van der Waals surface area contributed by atoms with Gasteiger partial charge in [-0.3, -0.25) is 9.59 Å². The van der Waals surface area contributed by atoms with E-state index in [4.69, 9.17) is 4.74 Å². The molecule has 1 N–H and O–H groups in total. The second-order valence-corrected chi connectivity index (χ2v) is 6.53. The predicted molar refractivity (Wildman–Crippen MR) is 112 cm³/mol. The molecule has 4 nitrogen and oxygen atoms in total. The van der Waals surface area contributed by atoms with Crippen LogP contribution in [0.5, 0.6) is 5.75 Å². The summed E-state index contributed by atoms with van der Waals surface area (Å²) >= 11 is 0. The Labute approximate surface area is 165 Å². The molecule has 4 heteroatoms. The Morgan fingerprint density at radius 3 is 2.04 bits per heavy atom. The molecule has 3 aromatic carbocycles. The van der Waals surface area contributed by atoms with Gasteiger partial charge in [-0.25, -0.2) is 0 Å². The van der Waals surface area contributed by atoms with E-state index in [1.807, 2.05) is 49.4 Å². The Kier molecular flexibility index (Phi) is 6.22. The number of carbonyl (C=O) groups excluding carboxylic acids is 2. The van der Waals surface area contributed by atoms with Gasteiger partial charge in [0.25, 0.3) is 5.91 Å². The third kappa shape index (κ3) is 4.86. The summed E-state index contributed by atoms with van der Waals surface area (Å²) in [6.45, 7) is 3.42. The lowest BCUT2D eigenvalue weighted by Gasteiger charge is -2.17. The van der Waals surface area contributed by atoms with Crippen LogP contribution in [-0.2, 0) is 4.79 Å². The van der Waals surface area contributed by atoms with Crippen molar-refractivity contribution in [2.24, 2.45) is 0 Å². The fourth-order valence-electron chi connectivity index (χ4n) is 2.85. The molecule has 0 aromatic heterocycles. The zero-order valence-corrected chi connectivity index (χ0v) is 16.0. The summed E-state index contributed by atoms with van der Waals surface area (Å²) in [5.74, 6) is 0.422. The first-order chi connectivity index (χ1) is 13.6. The number of benzene rings is 3. The number of anilines is 1. The average molecular weight is 373 g/mol. The number of hydrogen-bond donors (Lipinski definition) is 1. The molecule has 0 aliphatic carbocycles. The maximum absolute atomic E-state index is 12.6. The SMILES string of the molecule is CCC(Oc1ccc(-c2ccccc2)cc1)C(=O)Nc1ccc(C(C)=O)cc1.